The van der Waals surface area contributed by atoms with Gasteiger partial charge in [0.25, 0.3) is 0 Å². The van der Waals surface area contributed by atoms with E-state index in [0.29, 0.717) is 15.9 Å². The van der Waals surface area contributed by atoms with E-state index in [9.17, 15) is 9.18 Å². The lowest BCUT2D eigenvalue weighted by molar-refractivity contribution is 0.102. The predicted molar refractivity (Wildman–Crippen MR) is 76.7 cm³/mol. The Labute approximate surface area is 124 Å². The zero-order valence-electron chi connectivity index (χ0n) is 11.4. The van der Waals surface area contributed by atoms with Crippen molar-refractivity contribution in [1.29, 1.82) is 0 Å². The Bertz CT molecular complexity index is 653. The van der Waals surface area contributed by atoms with Gasteiger partial charge in [0.2, 0.25) is 5.78 Å². The van der Waals surface area contributed by atoms with Crippen LogP contribution in [-0.2, 0) is 0 Å². The molecular weight excluding hydrogens is 327 g/mol. The third-order valence-corrected chi connectivity index (χ3v) is 3.46. The van der Waals surface area contributed by atoms with Crippen molar-refractivity contribution in [3.05, 3.63) is 45.9 Å². The Morgan fingerprint density at radius 2 is 2.15 bits per heavy atom. The molecule has 0 unspecified atom stereocenters. The third kappa shape index (κ3) is 2.60. The quantitative estimate of drug-likeness (QED) is 0.798. The average molecular weight is 341 g/mol. The van der Waals surface area contributed by atoms with E-state index in [2.05, 4.69) is 21.0 Å². The highest BCUT2D eigenvalue weighted by atomic mass is 79.9. The lowest BCUT2D eigenvalue weighted by Gasteiger charge is -2.11. The number of ether oxygens (including phenoxy) is 1. The van der Waals surface area contributed by atoms with Crippen LogP contribution < -0.4 is 4.74 Å². The minimum absolute atomic E-state index is 0.00144. The Balaban J connectivity index is 2.49. The predicted octanol–water partition coefficient (Wildman–Crippen LogP) is 3.61. The van der Waals surface area contributed by atoms with Gasteiger partial charge in [0, 0.05) is 12.1 Å². The number of carbonyl (C=O) groups is 1. The molecule has 20 heavy (non-hydrogen) atoms. The molecule has 2 aromatic rings. The maximum absolute atomic E-state index is 14.0. The lowest BCUT2D eigenvalue weighted by atomic mass is 10.1. The molecule has 0 aliphatic rings. The summed E-state index contributed by atoms with van der Waals surface area (Å²) in [5.74, 6) is -0.656. The van der Waals surface area contributed by atoms with Crippen molar-refractivity contribution in [2.45, 2.75) is 19.9 Å². The smallest absolute Gasteiger partial charge is 0.215 e. The van der Waals surface area contributed by atoms with Crippen molar-refractivity contribution in [2.75, 3.05) is 7.11 Å². The molecule has 0 bridgehead atoms. The Kier molecular flexibility index (Phi) is 4.23. The number of halogens is 2. The van der Waals surface area contributed by atoms with E-state index in [1.165, 1.54) is 25.4 Å². The van der Waals surface area contributed by atoms with Gasteiger partial charge in [-0.15, -0.1) is 0 Å². The molecule has 0 atom stereocenters. The summed E-state index contributed by atoms with van der Waals surface area (Å²) in [7, 11) is 1.45. The van der Waals surface area contributed by atoms with Crippen LogP contribution in [0.15, 0.2) is 28.9 Å². The average Bonchev–Trinajstić information content (AvgIpc) is 2.79. The molecular formula is C14H14BrFN2O2. The minimum atomic E-state index is -0.613. The molecule has 0 saturated heterocycles. The number of benzene rings is 1. The molecule has 106 valence electrons. The fourth-order valence-electron chi connectivity index (χ4n) is 1.88. The number of hydrogen-bond acceptors (Lipinski definition) is 3. The second kappa shape index (κ2) is 5.75. The van der Waals surface area contributed by atoms with Crippen molar-refractivity contribution >= 4 is 21.7 Å². The first kappa shape index (κ1) is 14.7. The van der Waals surface area contributed by atoms with Gasteiger partial charge < -0.3 is 4.74 Å². The third-order valence-electron chi connectivity index (χ3n) is 2.88. The summed E-state index contributed by atoms with van der Waals surface area (Å²) in [6, 6.07) is 4.17. The molecule has 0 N–H and O–H groups in total. The first-order valence-corrected chi connectivity index (χ1v) is 6.86. The van der Waals surface area contributed by atoms with Gasteiger partial charge in [-0.3, -0.25) is 9.48 Å². The summed E-state index contributed by atoms with van der Waals surface area (Å²) in [6.45, 7) is 3.81. The van der Waals surface area contributed by atoms with E-state index in [-0.39, 0.29) is 11.6 Å². The van der Waals surface area contributed by atoms with E-state index < -0.39 is 11.6 Å². The molecule has 0 radical (unpaired) electrons. The fourth-order valence-corrected chi connectivity index (χ4v) is 2.33. The van der Waals surface area contributed by atoms with Crippen LogP contribution in [0.25, 0.3) is 0 Å². The normalized spacial score (nSPS) is 10.9. The molecule has 0 aliphatic carbocycles. The van der Waals surface area contributed by atoms with Gasteiger partial charge in [-0.25, -0.2) is 4.39 Å². The first-order valence-electron chi connectivity index (χ1n) is 6.07. The molecule has 1 heterocycles. The van der Waals surface area contributed by atoms with E-state index >= 15 is 0 Å². The summed E-state index contributed by atoms with van der Waals surface area (Å²) >= 11 is 3.28. The maximum Gasteiger partial charge on any atom is 0.215 e. The monoisotopic (exact) mass is 340 g/mol. The number of aromatic nitrogens is 2. The summed E-state index contributed by atoms with van der Waals surface area (Å²) in [6.07, 6.45) is 1.54. The Morgan fingerprint density at radius 1 is 1.45 bits per heavy atom. The van der Waals surface area contributed by atoms with Crippen LogP contribution >= 0.6 is 15.9 Å². The van der Waals surface area contributed by atoms with Gasteiger partial charge in [0.15, 0.2) is 0 Å². The molecule has 0 spiro atoms. The maximum atomic E-state index is 14.0. The highest BCUT2D eigenvalue weighted by molar-refractivity contribution is 9.10. The van der Waals surface area contributed by atoms with Crippen molar-refractivity contribution in [3.63, 3.8) is 0 Å². The van der Waals surface area contributed by atoms with Crippen molar-refractivity contribution < 1.29 is 13.9 Å². The fraction of sp³-hybridized carbons (Fsp3) is 0.286. The zero-order chi connectivity index (χ0) is 14.9. The van der Waals surface area contributed by atoms with Crippen molar-refractivity contribution in [1.82, 2.24) is 9.78 Å². The van der Waals surface area contributed by atoms with Gasteiger partial charge in [-0.1, -0.05) is 0 Å². The molecule has 1 aromatic heterocycles. The molecule has 2 rings (SSSR count). The van der Waals surface area contributed by atoms with Gasteiger partial charge in [0.1, 0.15) is 17.3 Å². The number of rotatable bonds is 4. The number of ketones is 1. The number of methoxy groups -OCH3 is 1. The summed E-state index contributed by atoms with van der Waals surface area (Å²) in [5.41, 5.74) is 0.331. The Morgan fingerprint density at radius 3 is 2.70 bits per heavy atom. The molecule has 4 nitrogen and oxygen atoms in total. The van der Waals surface area contributed by atoms with Gasteiger partial charge in [-0.2, -0.15) is 5.10 Å². The molecule has 0 saturated carbocycles. The number of carbonyl (C=O) groups excluding carboxylic acids is 1. The van der Waals surface area contributed by atoms with E-state index in [1.807, 2.05) is 13.8 Å². The van der Waals surface area contributed by atoms with E-state index in [4.69, 9.17) is 4.74 Å². The van der Waals surface area contributed by atoms with Crippen molar-refractivity contribution in [2.24, 2.45) is 0 Å². The number of nitrogens with zero attached hydrogens (tertiary/aromatic N) is 2. The molecule has 0 fully saturated rings. The van der Waals surface area contributed by atoms with Crippen LogP contribution in [0.5, 0.6) is 5.75 Å². The molecule has 0 aliphatic heterocycles. The number of hydrogen-bond donors (Lipinski definition) is 0. The van der Waals surface area contributed by atoms with Crippen LogP contribution in [0.2, 0.25) is 0 Å². The van der Waals surface area contributed by atoms with Crippen LogP contribution in [0, 0.1) is 5.82 Å². The standard InChI is InChI=1S/C14H14BrFN2O2/c1-8(2)18-13(11(15)7-17-18)14(19)10-5-4-9(20-3)6-12(10)16/h4-8H,1-3H3. The van der Waals surface area contributed by atoms with Gasteiger partial charge in [0.05, 0.1) is 23.3 Å². The van der Waals surface area contributed by atoms with Gasteiger partial charge in [-0.05, 0) is 41.9 Å². The first-order chi connectivity index (χ1) is 9.45. The van der Waals surface area contributed by atoms with Crippen molar-refractivity contribution in [3.8, 4) is 5.75 Å². The van der Waals surface area contributed by atoms with Crippen LogP contribution in [-0.4, -0.2) is 22.7 Å². The van der Waals surface area contributed by atoms with E-state index in [1.54, 1.807) is 10.7 Å². The molecule has 1 aromatic carbocycles. The van der Waals surface area contributed by atoms with Crippen LogP contribution in [0.3, 0.4) is 0 Å². The lowest BCUT2D eigenvalue weighted by Crippen LogP contribution is -2.15. The molecule has 6 heteroatoms. The summed E-state index contributed by atoms with van der Waals surface area (Å²) in [4.78, 5) is 12.5. The zero-order valence-corrected chi connectivity index (χ0v) is 12.9. The second-order valence-electron chi connectivity index (χ2n) is 4.55. The van der Waals surface area contributed by atoms with E-state index in [0.717, 1.165) is 0 Å². The Hall–Kier alpha value is -1.69. The summed E-state index contributed by atoms with van der Waals surface area (Å²) < 4.78 is 21.0. The van der Waals surface area contributed by atoms with Crippen LogP contribution in [0.1, 0.15) is 35.9 Å². The van der Waals surface area contributed by atoms with Crippen LogP contribution in [0.4, 0.5) is 4.39 Å². The molecule has 0 amide bonds. The SMILES string of the molecule is COc1ccc(C(=O)c2c(Br)cnn2C(C)C)c(F)c1. The topological polar surface area (TPSA) is 44.1 Å². The minimum Gasteiger partial charge on any atom is -0.497 e. The highest BCUT2D eigenvalue weighted by Gasteiger charge is 2.23. The second-order valence-corrected chi connectivity index (χ2v) is 5.41. The highest BCUT2D eigenvalue weighted by Crippen LogP contribution is 2.25. The largest absolute Gasteiger partial charge is 0.497 e. The van der Waals surface area contributed by atoms with Gasteiger partial charge >= 0.3 is 0 Å². The summed E-state index contributed by atoms with van der Waals surface area (Å²) in [5, 5.41) is 4.13.